The summed E-state index contributed by atoms with van der Waals surface area (Å²) in [6, 6.07) is 6.22. The van der Waals surface area contributed by atoms with Gasteiger partial charge in [-0.15, -0.1) is 0 Å². The number of carboxylic acids is 1. The molecule has 23 heavy (non-hydrogen) atoms. The number of hydrogen-bond acceptors (Lipinski definition) is 4. The summed E-state index contributed by atoms with van der Waals surface area (Å²) in [7, 11) is 0. The number of likely N-dealkylation sites (tertiary alicyclic amines) is 1. The number of carbonyl (C=O) groups is 1. The van der Waals surface area contributed by atoms with Crippen molar-refractivity contribution in [2.75, 3.05) is 19.8 Å². The van der Waals surface area contributed by atoms with Crippen LogP contribution in [0.2, 0.25) is 0 Å². The zero-order valence-corrected chi connectivity index (χ0v) is 13.3. The highest BCUT2D eigenvalue weighted by molar-refractivity contribution is 5.67. The van der Waals surface area contributed by atoms with Gasteiger partial charge in [-0.05, 0) is 42.4 Å². The molecule has 5 nitrogen and oxygen atoms in total. The number of benzene rings is 1. The number of nitrogens with zero attached hydrogens (tertiary/aromatic N) is 1. The van der Waals surface area contributed by atoms with Crippen LogP contribution in [0.25, 0.3) is 0 Å². The first-order chi connectivity index (χ1) is 11.1. The number of aliphatic carboxylic acids is 1. The molecule has 3 aliphatic rings. The van der Waals surface area contributed by atoms with E-state index in [1.165, 1.54) is 24.8 Å². The summed E-state index contributed by atoms with van der Waals surface area (Å²) in [5.41, 5.74) is 1.55. The first-order valence-electron chi connectivity index (χ1n) is 8.48. The van der Waals surface area contributed by atoms with E-state index in [0.717, 1.165) is 31.0 Å². The van der Waals surface area contributed by atoms with Crippen LogP contribution in [0.4, 0.5) is 0 Å². The molecule has 0 amide bonds. The molecule has 1 aromatic carbocycles. The van der Waals surface area contributed by atoms with Gasteiger partial charge in [0.25, 0.3) is 0 Å². The van der Waals surface area contributed by atoms with Gasteiger partial charge in [-0.2, -0.15) is 0 Å². The molecule has 1 spiro atoms. The Kier molecular flexibility index (Phi) is 3.68. The van der Waals surface area contributed by atoms with E-state index in [-0.39, 0.29) is 12.5 Å². The standard InChI is InChI=1S/C18H23NO4/c20-17(21)9-14-10-18(4-1-5-18)12-19(14)11-13-2-3-15-16(8-13)23-7-6-22-15/h2-3,8,14H,1,4-7,9-12H2,(H,20,21). The van der Waals surface area contributed by atoms with Crippen molar-refractivity contribution in [3.05, 3.63) is 23.8 Å². The van der Waals surface area contributed by atoms with Crippen LogP contribution in [0.1, 0.15) is 37.7 Å². The second-order valence-electron chi connectivity index (χ2n) is 7.19. The van der Waals surface area contributed by atoms with Gasteiger partial charge in [-0.1, -0.05) is 12.5 Å². The Hall–Kier alpha value is -1.75. The minimum atomic E-state index is -0.696. The topological polar surface area (TPSA) is 59.0 Å². The fourth-order valence-electron chi connectivity index (χ4n) is 4.30. The third-order valence-corrected chi connectivity index (χ3v) is 5.54. The number of fused-ring (bicyclic) bond motifs is 1. The van der Waals surface area contributed by atoms with Gasteiger partial charge in [-0.25, -0.2) is 0 Å². The Morgan fingerprint density at radius 1 is 1.26 bits per heavy atom. The molecular weight excluding hydrogens is 294 g/mol. The highest BCUT2D eigenvalue weighted by Crippen LogP contribution is 2.51. The smallest absolute Gasteiger partial charge is 0.304 e. The van der Waals surface area contributed by atoms with E-state index >= 15 is 0 Å². The highest BCUT2D eigenvalue weighted by atomic mass is 16.6. The Labute approximate surface area is 136 Å². The van der Waals surface area contributed by atoms with E-state index in [9.17, 15) is 9.90 Å². The third kappa shape index (κ3) is 2.90. The summed E-state index contributed by atoms with van der Waals surface area (Å²) in [5, 5.41) is 9.21. The van der Waals surface area contributed by atoms with Crippen LogP contribution >= 0.6 is 0 Å². The molecule has 2 fully saturated rings. The van der Waals surface area contributed by atoms with Crippen LogP contribution in [0.15, 0.2) is 18.2 Å². The zero-order valence-electron chi connectivity index (χ0n) is 13.3. The summed E-state index contributed by atoms with van der Waals surface area (Å²) >= 11 is 0. The van der Waals surface area contributed by atoms with Gasteiger partial charge in [0.2, 0.25) is 0 Å². The maximum Gasteiger partial charge on any atom is 0.304 e. The van der Waals surface area contributed by atoms with Crippen LogP contribution in [0.3, 0.4) is 0 Å². The molecule has 2 heterocycles. The second-order valence-corrected chi connectivity index (χ2v) is 7.19. The fraction of sp³-hybridized carbons (Fsp3) is 0.611. The molecule has 0 aromatic heterocycles. The monoisotopic (exact) mass is 317 g/mol. The van der Waals surface area contributed by atoms with Crippen molar-refractivity contribution in [1.82, 2.24) is 4.90 Å². The Balaban J connectivity index is 1.50. The van der Waals surface area contributed by atoms with E-state index in [1.807, 2.05) is 12.1 Å². The van der Waals surface area contributed by atoms with Crippen molar-refractivity contribution in [3.63, 3.8) is 0 Å². The lowest BCUT2D eigenvalue weighted by atomic mass is 9.67. The molecule has 5 heteroatoms. The molecular formula is C18H23NO4. The van der Waals surface area contributed by atoms with Crippen LogP contribution in [-0.4, -0.2) is 41.8 Å². The number of carboxylic acid groups (broad SMARTS) is 1. The van der Waals surface area contributed by atoms with Gasteiger partial charge in [-0.3, -0.25) is 9.69 Å². The Morgan fingerprint density at radius 3 is 2.74 bits per heavy atom. The molecule has 4 rings (SSSR count). The lowest BCUT2D eigenvalue weighted by Gasteiger charge is -2.38. The molecule has 1 atom stereocenters. The normalized spacial score (nSPS) is 25.3. The first-order valence-corrected chi connectivity index (χ1v) is 8.48. The summed E-state index contributed by atoms with van der Waals surface area (Å²) in [6.45, 7) is 3.00. The molecule has 1 aromatic rings. The van der Waals surface area contributed by atoms with E-state index in [2.05, 4.69) is 11.0 Å². The predicted molar refractivity (Wildman–Crippen MR) is 84.8 cm³/mol. The zero-order chi connectivity index (χ0) is 15.9. The van der Waals surface area contributed by atoms with Crippen molar-refractivity contribution >= 4 is 5.97 Å². The first kappa shape index (κ1) is 14.8. The van der Waals surface area contributed by atoms with Gasteiger partial charge < -0.3 is 14.6 Å². The SMILES string of the molecule is O=C(O)CC1CC2(CCC2)CN1Cc1ccc2c(c1)OCCO2. The molecule has 1 saturated heterocycles. The predicted octanol–water partition coefficient (Wildman–Crippen LogP) is 2.68. The van der Waals surface area contributed by atoms with Crippen molar-refractivity contribution in [1.29, 1.82) is 0 Å². The molecule has 1 N–H and O–H groups in total. The maximum absolute atomic E-state index is 11.2. The van der Waals surface area contributed by atoms with Gasteiger partial charge in [0.1, 0.15) is 13.2 Å². The average molecular weight is 317 g/mol. The molecule has 1 unspecified atom stereocenters. The van der Waals surface area contributed by atoms with E-state index < -0.39 is 5.97 Å². The minimum absolute atomic E-state index is 0.154. The summed E-state index contributed by atoms with van der Waals surface area (Å²) in [5.74, 6) is 0.915. The Morgan fingerprint density at radius 2 is 2.04 bits per heavy atom. The largest absolute Gasteiger partial charge is 0.486 e. The summed E-state index contributed by atoms with van der Waals surface area (Å²) in [6.07, 6.45) is 5.06. The molecule has 0 radical (unpaired) electrons. The van der Waals surface area contributed by atoms with Crippen LogP contribution < -0.4 is 9.47 Å². The number of hydrogen-bond donors (Lipinski definition) is 1. The van der Waals surface area contributed by atoms with Crippen LogP contribution in [-0.2, 0) is 11.3 Å². The van der Waals surface area contributed by atoms with Gasteiger partial charge in [0.05, 0.1) is 6.42 Å². The minimum Gasteiger partial charge on any atom is -0.486 e. The van der Waals surface area contributed by atoms with Crippen molar-refractivity contribution < 1.29 is 19.4 Å². The summed E-state index contributed by atoms with van der Waals surface area (Å²) < 4.78 is 11.2. The fourth-order valence-corrected chi connectivity index (χ4v) is 4.30. The quantitative estimate of drug-likeness (QED) is 0.925. The van der Waals surface area contributed by atoms with E-state index in [0.29, 0.717) is 18.6 Å². The highest BCUT2D eigenvalue weighted by Gasteiger charge is 2.47. The van der Waals surface area contributed by atoms with Crippen LogP contribution in [0, 0.1) is 5.41 Å². The molecule has 1 saturated carbocycles. The lowest BCUT2D eigenvalue weighted by molar-refractivity contribution is -0.138. The third-order valence-electron chi connectivity index (χ3n) is 5.54. The second kappa shape index (κ2) is 5.71. The molecule has 2 aliphatic heterocycles. The van der Waals surface area contributed by atoms with Gasteiger partial charge in [0, 0.05) is 19.1 Å². The van der Waals surface area contributed by atoms with E-state index in [1.54, 1.807) is 0 Å². The average Bonchev–Trinajstić information content (AvgIpc) is 2.85. The Bertz CT molecular complexity index is 611. The van der Waals surface area contributed by atoms with Gasteiger partial charge in [0.15, 0.2) is 11.5 Å². The van der Waals surface area contributed by atoms with Crippen LogP contribution in [0.5, 0.6) is 11.5 Å². The molecule has 124 valence electrons. The summed E-state index contributed by atoms with van der Waals surface area (Å²) in [4.78, 5) is 13.6. The molecule has 1 aliphatic carbocycles. The van der Waals surface area contributed by atoms with Crippen molar-refractivity contribution in [2.24, 2.45) is 5.41 Å². The van der Waals surface area contributed by atoms with Crippen molar-refractivity contribution in [2.45, 2.75) is 44.7 Å². The van der Waals surface area contributed by atoms with Gasteiger partial charge >= 0.3 is 5.97 Å². The number of rotatable bonds is 4. The van der Waals surface area contributed by atoms with E-state index in [4.69, 9.17) is 9.47 Å². The number of ether oxygens (including phenoxy) is 2. The maximum atomic E-state index is 11.2. The van der Waals surface area contributed by atoms with Crippen molar-refractivity contribution in [3.8, 4) is 11.5 Å². The molecule has 0 bridgehead atoms. The lowest BCUT2D eigenvalue weighted by Crippen LogP contribution is -2.34.